The standard InChI is InChI=1S/C23H23FO4/c1-3-27-21-8-6-5-7-18(21)19-13-16(15-9-11-17(24)12-10-15)14-20(25)22(19)23(26)28-4-2/h5-12,14,19,22H,3-4,13H2,1-2H3/t19-,22+/m0/s1. The van der Waals surface area contributed by atoms with Gasteiger partial charge in [-0.3, -0.25) is 9.59 Å². The number of rotatable bonds is 6. The van der Waals surface area contributed by atoms with E-state index in [1.165, 1.54) is 18.2 Å². The van der Waals surface area contributed by atoms with Crippen LogP contribution in [-0.2, 0) is 14.3 Å². The van der Waals surface area contributed by atoms with Crippen molar-refractivity contribution in [1.82, 2.24) is 0 Å². The molecule has 0 radical (unpaired) electrons. The first-order valence-electron chi connectivity index (χ1n) is 9.43. The maximum Gasteiger partial charge on any atom is 0.317 e. The zero-order valence-corrected chi connectivity index (χ0v) is 16.0. The summed E-state index contributed by atoms with van der Waals surface area (Å²) in [6.07, 6.45) is 1.93. The summed E-state index contributed by atoms with van der Waals surface area (Å²) < 4.78 is 24.2. The second-order valence-corrected chi connectivity index (χ2v) is 6.59. The van der Waals surface area contributed by atoms with Crippen molar-refractivity contribution in [1.29, 1.82) is 0 Å². The Morgan fingerprint density at radius 1 is 1.07 bits per heavy atom. The Balaban J connectivity index is 2.05. The van der Waals surface area contributed by atoms with Gasteiger partial charge < -0.3 is 9.47 Å². The Labute approximate surface area is 164 Å². The smallest absolute Gasteiger partial charge is 0.317 e. The second-order valence-electron chi connectivity index (χ2n) is 6.59. The first-order chi connectivity index (χ1) is 13.5. The van der Waals surface area contributed by atoms with Gasteiger partial charge in [-0.05, 0) is 61.2 Å². The van der Waals surface area contributed by atoms with Gasteiger partial charge in [0, 0.05) is 5.92 Å². The Morgan fingerprint density at radius 2 is 1.79 bits per heavy atom. The van der Waals surface area contributed by atoms with E-state index in [-0.39, 0.29) is 18.2 Å². The SMILES string of the molecule is CCOC(=O)[C@H]1C(=O)C=C(c2ccc(F)cc2)C[C@H]1c1ccccc1OCC. The summed E-state index contributed by atoms with van der Waals surface area (Å²) in [7, 11) is 0. The third kappa shape index (κ3) is 4.14. The van der Waals surface area contributed by atoms with Crippen molar-refractivity contribution in [3.63, 3.8) is 0 Å². The number of halogens is 1. The third-order valence-corrected chi connectivity index (χ3v) is 4.84. The molecule has 0 amide bonds. The van der Waals surface area contributed by atoms with Crippen LogP contribution >= 0.6 is 0 Å². The Morgan fingerprint density at radius 3 is 2.46 bits per heavy atom. The molecule has 0 N–H and O–H groups in total. The van der Waals surface area contributed by atoms with Gasteiger partial charge in [0.1, 0.15) is 17.5 Å². The highest BCUT2D eigenvalue weighted by atomic mass is 19.1. The van der Waals surface area contributed by atoms with Gasteiger partial charge in [-0.25, -0.2) is 4.39 Å². The predicted molar refractivity (Wildman–Crippen MR) is 104 cm³/mol. The maximum absolute atomic E-state index is 13.3. The van der Waals surface area contributed by atoms with Crippen molar-refractivity contribution in [3.8, 4) is 5.75 Å². The van der Waals surface area contributed by atoms with E-state index in [2.05, 4.69) is 0 Å². The van der Waals surface area contributed by atoms with Crippen LogP contribution in [0.3, 0.4) is 0 Å². The molecule has 0 spiro atoms. The van der Waals surface area contributed by atoms with Gasteiger partial charge in [-0.15, -0.1) is 0 Å². The van der Waals surface area contributed by atoms with Crippen LogP contribution in [0.1, 0.15) is 37.3 Å². The monoisotopic (exact) mass is 382 g/mol. The lowest BCUT2D eigenvalue weighted by atomic mass is 9.73. The van der Waals surface area contributed by atoms with Crippen molar-refractivity contribution in [3.05, 3.63) is 71.6 Å². The van der Waals surface area contributed by atoms with Crippen molar-refractivity contribution in [2.24, 2.45) is 5.92 Å². The normalized spacial score (nSPS) is 19.1. The number of hydrogen-bond acceptors (Lipinski definition) is 4. The minimum absolute atomic E-state index is 0.205. The van der Waals surface area contributed by atoms with Crippen LogP contribution in [0.25, 0.3) is 5.57 Å². The quantitative estimate of drug-likeness (QED) is 0.544. The average Bonchev–Trinajstić information content (AvgIpc) is 2.69. The van der Waals surface area contributed by atoms with Crippen LogP contribution in [0.15, 0.2) is 54.6 Å². The lowest BCUT2D eigenvalue weighted by molar-refractivity contribution is -0.151. The lowest BCUT2D eigenvalue weighted by Gasteiger charge is -2.30. The molecule has 2 atom stereocenters. The van der Waals surface area contributed by atoms with Gasteiger partial charge in [0.05, 0.1) is 13.2 Å². The zero-order chi connectivity index (χ0) is 20.1. The van der Waals surface area contributed by atoms with Crippen LogP contribution in [-0.4, -0.2) is 25.0 Å². The molecule has 2 aromatic rings. The van der Waals surface area contributed by atoms with Crippen LogP contribution in [0, 0.1) is 11.7 Å². The van der Waals surface area contributed by atoms with E-state index in [0.717, 1.165) is 16.7 Å². The number of allylic oxidation sites excluding steroid dienone is 2. The van der Waals surface area contributed by atoms with E-state index >= 15 is 0 Å². The highest BCUT2D eigenvalue weighted by Gasteiger charge is 2.40. The molecule has 4 nitrogen and oxygen atoms in total. The Kier molecular flexibility index (Phi) is 6.24. The molecular formula is C23H23FO4. The summed E-state index contributed by atoms with van der Waals surface area (Å²) in [5, 5.41) is 0. The van der Waals surface area contributed by atoms with Gasteiger partial charge in [0.25, 0.3) is 0 Å². The Hall–Kier alpha value is -2.95. The number of ketones is 1. The summed E-state index contributed by atoms with van der Waals surface area (Å²) in [6.45, 7) is 4.28. The molecule has 2 aromatic carbocycles. The summed E-state index contributed by atoms with van der Waals surface area (Å²) in [5.74, 6) is -1.87. The number of esters is 1. The number of carbonyl (C=O) groups is 2. The number of benzene rings is 2. The molecule has 0 fully saturated rings. The van der Waals surface area contributed by atoms with Crippen LogP contribution in [0.5, 0.6) is 5.75 Å². The predicted octanol–water partition coefficient (Wildman–Crippen LogP) is 4.54. The summed E-state index contributed by atoms with van der Waals surface area (Å²) in [4.78, 5) is 25.5. The van der Waals surface area contributed by atoms with E-state index in [9.17, 15) is 14.0 Å². The van der Waals surface area contributed by atoms with E-state index in [1.54, 1.807) is 19.1 Å². The fourth-order valence-electron chi connectivity index (χ4n) is 3.61. The summed E-state index contributed by atoms with van der Waals surface area (Å²) in [6, 6.07) is 13.4. The fourth-order valence-corrected chi connectivity index (χ4v) is 3.61. The number of para-hydroxylation sites is 1. The molecule has 3 rings (SSSR count). The molecule has 1 aliphatic carbocycles. The second kappa shape index (κ2) is 8.83. The molecule has 1 aliphatic rings. The molecule has 0 unspecified atom stereocenters. The van der Waals surface area contributed by atoms with E-state index in [0.29, 0.717) is 18.8 Å². The first-order valence-corrected chi connectivity index (χ1v) is 9.43. The fraction of sp³-hybridized carbons (Fsp3) is 0.304. The van der Waals surface area contributed by atoms with Crippen molar-refractivity contribution >= 4 is 17.3 Å². The lowest BCUT2D eigenvalue weighted by Crippen LogP contribution is -2.34. The minimum atomic E-state index is -0.925. The molecular weight excluding hydrogens is 359 g/mol. The van der Waals surface area contributed by atoms with Crippen LogP contribution in [0.2, 0.25) is 0 Å². The maximum atomic E-state index is 13.3. The van der Waals surface area contributed by atoms with Gasteiger partial charge >= 0.3 is 5.97 Å². The molecule has 0 saturated carbocycles. The van der Waals surface area contributed by atoms with Crippen molar-refractivity contribution in [2.45, 2.75) is 26.2 Å². The van der Waals surface area contributed by atoms with Crippen LogP contribution in [0.4, 0.5) is 4.39 Å². The van der Waals surface area contributed by atoms with Crippen LogP contribution < -0.4 is 4.74 Å². The third-order valence-electron chi connectivity index (χ3n) is 4.84. The molecule has 5 heteroatoms. The highest BCUT2D eigenvalue weighted by molar-refractivity contribution is 6.10. The van der Waals surface area contributed by atoms with Gasteiger partial charge in [0.15, 0.2) is 5.78 Å². The molecule has 0 aromatic heterocycles. The van der Waals surface area contributed by atoms with Crippen molar-refractivity contribution < 1.29 is 23.5 Å². The largest absolute Gasteiger partial charge is 0.494 e. The molecule has 28 heavy (non-hydrogen) atoms. The minimum Gasteiger partial charge on any atom is -0.494 e. The van der Waals surface area contributed by atoms with Gasteiger partial charge in [0.2, 0.25) is 0 Å². The molecule has 0 saturated heterocycles. The van der Waals surface area contributed by atoms with Crippen molar-refractivity contribution in [2.75, 3.05) is 13.2 Å². The van der Waals surface area contributed by atoms with E-state index in [1.807, 2.05) is 31.2 Å². The number of carbonyl (C=O) groups excluding carboxylic acids is 2. The average molecular weight is 382 g/mol. The topological polar surface area (TPSA) is 52.6 Å². The zero-order valence-electron chi connectivity index (χ0n) is 16.0. The number of ether oxygens (including phenoxy) is 2. The van der Waals surface area contributed by atoms with E-state index in [4.69, 9.17) is 9.47 Å². The molecule has 0 bridgehead atoms. The molecule has 0 heterocycles. The molecule has 0 aliphatic heterocycles. The van der Waals surface area contributed by atoms with Gasteiger partial charge in [-0.2, -0.15) is 0 Å². The first kappa shape index (κ1) is 19.8. The highest BCUT2D eigenvalue weighted by Crippen LogP contribution is 2.43. The number of hydrogen-bond donors (Lipinski definition) is 0. The van der Waals surface area contributed by atoms with Gasteiger partial charge in [-0.1, -0.05) is 30.3 Å². The molecule has 146 valence electrons. The summed E-state index contributed by atoms with van der Waals surface area (Å²) >= 11 is 0. The van der Waals surface area contributed by atoms with E-state index < -0.39 is 17.8 Å². The Bertz CT molecular complexity index is 886. The summed E-state index contributed by atoms with van der Waals surface area (Å²) in [5.41, 5.74) is 2.32.